The predicted octanol–water partition coefficient (Wildman–Crippen LogP) is 5.02. The lowest BCUT2D eigenvalue weighted by atomic mass is 9.79. The van der Waals surface area contributed by atoms with Gasteiger partial charge in [-0.1, -0.05) is 23.7 Å². The summed E-state index contributed by atoms with van der Waals surface area (Å²) in [5, 5.41) is 6.79. The van der Waals surface area contributed by atoms with Crippen molar-refractivity contribution in [2.45, 2.75) is 49.0 Å². The van der Waals surface area contributed by atoms with Crippen LogP contribution in [0.1, 0.15) is 42.7 Å². The first-order chi connectivity index (χ1) is 21.3. The molecule has 2 saturated heterocycles. The number of hydrogen-bond acceptors (Lipinski definition) is 7. The van der Waals surface area contributed by atoms with Gasteiger partial charge in [0.15, 0.2) is 0 Å². The summed E-state index contributed by atoms with van der Waals surface area (Å²) in [4.78, 5) is 17.6. The summed E-state index contributed by atoms with van der Waals surface area (Å²) in [7, 11) is -2.27. The predicted molar refractivity (Wildman–Crippen MR) is 167 cm³/mol. The molecule has 3 heterocycles. The van der Waals surface area contributed by atoms with Gasteiger partial charge in [-0.05, 0) is 79.5 Å². The molecule has 2 atom stereocenters. The highest BCUT2D eigenvalue weighted by Crippen LogP contribution is 2.36. The zero-order valence-corrected chi connectivity index (χ0v) is 26.2. The Labute approximate surface area is 263 Å². The quantitative estimate of drug-likeness (QED) is 0.302. The molecule has 2 fully saturated rings. The van der Waals surface area contributed by atoms with Crippen LogP contribution in [-0.2, 0) is 26.0 Å². The van der Waals surface area contributed by atoms with E-state index in [1.807, 2.05) is 24.3 Å². The molecule has 44 heavy (non-hydrogen) atoms. The highest BCUT2D eigenvalue weighted by atomic mass is 35.5. The number of aromatic nitrogens is 1. The molecule has 1 amide bonds. The summed E-state index contributed by atoms with van der Waals surface area (Å²) in [5.74, 6) is -0.0110. The molecule has 12 heteroatoms. The van der Waals surface area contributed by atoms with E-state index in [9.17, 15) is 13.2 Å². The number of carbonyl (C=O) groups is 1. The maximum atomic E-state index is 15.2. The third-order valence-corrected chi connectivity index (χ3v) is 10.7. The standard InChI is InChI=1S/C32H38ClFN4O5S/c1-42-26-7-9-27(10-8-26)44(40,41)38-15-14-35-19-25(38)6-11-28-30(34)20-36-21-31(28)37-32(39)18-29(23-12-16-43-17-13-23)22-2-4-24(33)5-3-22/h2-5,7-10,20-21,23,25,29,35H,6,11-19H2,1H3,(H,37,39)/t25-,29?/m0/s1. The number of nitrogens with one attached hydrogen (secondary N) is 2. The number of amides is 1. The molecule has 2 N–H and O–H groups in total. The number of nitrogens with zero attached hydrogens (tertiary/aromatic N) is 2. The second-order valence-corrected chi connectivity index (χ2v) is 13.5. The number of halogens is 2. The minimum Gasteiger partial charge on any atom is -0.497 e. The Hall–Kier alpha value is -3.09. The van der Waals surface area contributed by atoms with Gasteiger partial charge in [-0.3, -0.25) is 9.78 Å². The highest BCUT2D eigenvalue weighted by Gasteiger charge is 2.34. The number of sulfonamides is 1. The average molecular weight is 645 g/mol. The van der Waals surface area contributed by atoms with Crippen LogP contribution in [0.15, 0.2) is 65.8 Å². The summed E-state index contributed by atoms with van der Waals surface area (Å²) < 4.78 is 54.5. The van der Waals surface area contributed by atoms with E-state index in [0.717, 1.165) is 24.6 Å². The Morgan fingerprint density at radius 3 is 2.59 bits per heavy atom. The van der Waals surface area contributed by atoms with E-state index in [1.54, 1.807) is 12.1 Å². The molecule has 0 radical (unpaired) electrons. The third-order valence-electron chi connectivity index (χ3n) is 8.51. The maximum Gasteiger partial charge on any atom is 0.243 e. The molecule has 0 spiro atoms. The van der Waals surface area contributed by atoms with Gasteiger partial charge in [0.2, 0.25) is 15.9 Å². The van der Waals surface area contributed by atoms with Gasteiger partial charge in [0, 0.05) is 55.9 Å². The molecule has 5 rings (SSSR count). The van der Waals surface area contributed by atoms with Crippen LogP contribution >= 0.6 is 11.6 Å². The fourth-order valence-electron chi connectivity index (χ4n) is 6.11. The Balaban J connectivity index is 1.30. The molecule has 2 aromatic carbocycles. The van der Waals surface area contributed by atoms with E-state index in [0.29, 0.717) is 61.3 Å². The zero-order chi connectivity index (χ0) is 31.1. The monoisotopic (exact) mass is 644 g/mol. The SMILES string of the molecule is COc1ccc(S(=O)(=O)N2CCNC[C@@H]2CCc2c(F)cncc2NC(=O)CC(c2ccc(Cl)cc2)C2CCOCC2)cc1. The van der Waals surface area contributed by atoms with Crippen LogP contribution in [0.5, 0.6) is 5.75 Å². The van der Waals surface area contributed by atoms with Crippen molar-refractivity contribution in [1.29, 1.82) is 0 Å². The van der Waals surface area contributed by atoms with Gasteiger partial charge in [-0.15, -0.1) is 0 Å². The van der Waals surface area contributed by atoms with Crippen LogP contribution in [0.2, 0.25) is 5.02 Å². The molecule has 3 aromatic rings. The second kappa shape index (κ2) is 14.8. The van der Waals surface area contributed by atoms with Crippen molar-refractivity contribution in [3.63, 3.8) is 0 Å². The fraction of sp³-hybridized carbons (Fsp3) is 0.438. The summed E-state index contributed by atoms with van der Waals surface area (Å²) in [5.41, 5.74) is 1.62. The fourth-order valence-corrected chi connectivity index (χ4v) is 7.89. The highest BCUT2D eigenvalue weighted by molar-refractivity contribution is 7.89. The van der Waals surface area contributed by atoms with Gasteiger partial charge < -0.3 is 20.1 Å². The minimum absolute atomic E-state index is 0.0498. The molecule has 0 bridgehead atoms. The van der Waals surface area contributed by atoms with Crippen LogP contribution in [0, 0.1) is 11.7 Å². The number of pyridine rings is 1. The lowest BCUT2D eigenvalue weighted by Crippen LogP contribution is -2.53. The lowest BCUT2D eigenvalue weighted by Gasteiger charge is -2.35. The number of anilines is 1. The molecule has 236 valence electrons. The first-order valence-corrected chi connectivity index (χ1v) is 16.7. The van der Waals surface area contributed by atoms with Crippen molar-refractivity contribution < 1.29 is 27.1 Å². The second-order valence-electron chi connectivity index (χ2n) is 11.2. The van der Waals surface area contributed by atoms with E-state index in [2.05, 4.69) is 15.6 Å². The van der Waals surface area contributed by atoms with Gasteiger partial charge in [-0.25, -0.2) is 12.8 Å². The normalized spacial score (nSPS) is 18.9. The number of hydrogen-bond donors (Lipinski definition) is 2. The Kier molecular flexibility index (Phi) is 10.9. The van der Waals surface area contributed by atoms with Crippen LogP contribution in [0.4, 0.5) is 10.1 Å². The Bertz CT molecular complexity index is 1520. The molecule has 0 aliphatic carbocycles. The van der Waals surface area contributed by atoms with E-state index >= 15 is 4.39 Å². The molecule has 2 aliphatic heterocycles. The molecule has 1 aromatic heterocycles. The van der Waals surface area contributed by atoms with Crippen molar-refractivity contribution >= 4 is 33.2 Å². The van der Waals surface area contributed by atoms with Gasteiger partial charge in [-0.2, -0.15) is 4.31 Å². The number of piperazine rings is 1. The molecular formula is C32H38ClFN4O5S. The summed E-state index contributed by atoms with van der Waals surface area (Å²) in [6.07, 6.45) is 5.04. The molecule has 0 saturated carbocycles. The van der Waals surface area contributed by atoms with Crippen molar-refractivity contribution in [2.24, 2.45) is 5.92 Å². The van der Waals surface area contributed by atoms with Gasteiger partial charge in [0.25, 0.3) is 0 Å². The third kappa shape index (κ3) is 7.76. The van der Waals surface area contributed by atoms with Gasteiger partial charge in [0.1, 0.15) is 11.6 Å². The first kappa shape index (κ1) is 32.3. The van der Waals surface area contributed by atoms with Crippen molar-refractivity contribution in [3.05, 3.63) is 82.9 Å². The molecule has 2 aliphatic rings. The summed E-state index contributed by atoms with van der Waals surface area (Å²) in [6, 6.07) is 13.4. The van der Waals surface area contributed by atoms with E-state index in [4.69, 9.17) is 21.1 Å². The number of methoxy groups -OCH3 is 1. The number of rotatable bonds is 11. The summed E-state index contributed by atoms with van der Waals surface area (Å²) in [6.45, 7) is 2.53. The van der Waals surface area contributed by atoms with Crippen molar-refractivity contribution in [1.82, 2.24) is 14.6 Å². The Morgan fingerprint density at radius 2 is 1.89 bits per heavy atom. The minimum atomic E-state index is -3.79. The van der Waals surface area contributed by atoms with E-state index in [1.165, 1.54) is 29.7 Å². The van der Waals surface area contributed by atoms with Crippen LogP contribution < -0.4 is 15.4 Å². The number of benzene rings is 2. The summed E-state index contributed by atoms with van der Waals surface area (Å²) >= 11 is 6.12. The zero-order valence-electron chi connectivity index (χ0n) is 24.7. The lowest BCUT2D eigenvalue weighted by molar-refractivity contribution is -0.117. The first-order valence-electron chi connectivity index (χ1n) is 14.9. The van der Waals surface area contributed by atoms with Crippen LogP contribution in [0.3, 0.4) is 0 Å². The molecule has 9 nitrogen and oxygen atoms in total. The average Bonchev–Trinajstić information content (AvgIpc) is 3.04. The largest absolute Gasteiger partial charge is 0.497 e. The van der Waals surface area contributed by atoms with Crippen LogP contribution in [0.25, 0.3) is 0 Å². The van der Waals surface area contributed by atoms with Gasteiger partial charge >= 0.3 is 0 Å². The van der Waals surface area contributed by atoms with E-state index < -0.39 is 21.9 Å². The Morgan fingerprint density at radius 1 is 1.16 bits per heavy atom. The van der Waals surface area contributed by atoms with Crippen molar-refractivity contribution in [3.8, 4) is 5.75 Å². The van der Waals surface area contributed by atoms with Crippen LogP contribution in [-0.4, -0.2) is 69.6 Å². The molecule has 1 unspecified atom stereocenters. The number of ether oxygens (including phenoxy) is 2. The molecular weight excluding hydrogens is 607 g/mol. The maximum absolute atomic E-state index is 15.2. The smallest absolute Gasteiger partial charge is 0.243 e. The van der Waals surface area contributed by atoms with E-state index in [-0.39, 0.29) is 35.5 Å². The number of carbonyl (C=O) groups excluding carboxylic acids is 1. The van der Waals surface area contributed by atoms with Gasteiger partial charge in [0.05, 0.1) is 30.1 Å². The van der Waals surface area contributed by atoms with Crippen molar-refractivity contribution in [2.75, 3.05) is 45.3 Å². The topological polar surface area (TPSA) is 110 Å².